The number of thiophene rings is 1. The van der Waals surface area contributed by atoms with Crippen LogP contribution in [0.5, 0.6) is 5.75 Å². The van der Waals surface area contributed by atoms with Crippen LogP contribution in [0.25, 0.3) is 0 Å². The first-order valence-electron chi connectivity index (χ1n) is 8.89. The van der Waals surface area contributed by atoms with Crippen molar-refractivity contribution in [3.8, 4) is 5.75 Å². The largest absolute Gasteiger partial charge is 0.497 e. The lowest BCUT2D eigenvalue weighted by Crippen LogP contribution is -2.44. The molecule has 0 saturated carbocycles. The molecule has 0 aliphatic heterocycles. The van der Waals surface area contributed by atoms with E-state index in [1.54, 1.807) is 31.4 Å². The Morgan fingerprint density at radius 2 is 1.77 bits per heavy atom. The quantitative estimate of drug-likeness (QED) is 0.421. The molecule has 1 amide bonds. The Kier molecular flexibility index (Phi) is 7.46. The molecule has 0 aliphatic rings. The highest BCUT2D eigenvalue weighted by Gasteiger charge is 2.20. The molecule has 0 bridgehead atoms. The molecule has 3 rings (SSSR count). The van der Waals surface area contributed by atoms with Crippen molar-refractivity contribution in [2.24, 2.45) is 0 Å². The number of hydrogen-bond donors (Lipinski definition) is 3. The van der Waals surface area contributed by atoms with Gasteiger partial charge in [-0.15, -0.1) is 11.3 Å². The number of hydrogen-bond acceptors (Lipinski definition) is 6. The summed E-state index contributed by atoms with van der Waals surface area (Å²) in [5.74, 6) is 0.288. The number of carbonyl (C=O) groups is 1. The molecular weight excluding hydrogens is 446 g/mol. The monoisotopic (exact) mass is 465 g/mol. The Labute approximate surface area is 184 Å². The molecule has 0 radical (unpaired) electrons. The van der Waals surface area contributed by atoms with E-state index in [0.29, 0.717) is 15.6 Å². The fourth-order valence-electron chi connectivity index (χ4n) is 2.61. The van der Waals surface area contributed by atoms with Gasteiger partial charge < -0.3 is 4.74 Å². The van der Waals surface area contributed by atoms with E-state index in [1.807, 2.05) is 30.3 Å². The van der Waals surface area contributed by atoms with Gasteiger partial charge in [-0.1, -0.05) is 41.9 Å². The molecule has 158 valence electrons. The van der Waals surface area contributed by atoms with E-state index in [-0.39, 0.29) is 16.7 Å². The van der Waals surface area contributed by atoms with Crippen molar-refractivity contribution in [3.63, 3.8) is 0 Å². The third kappa shape index (κ3) is 5.80. The van der Waals surface area contributed by atoms with Gasteiger partial charge in [0.15, 0.2) is 0 Å². The summed E-state index contributed by atoms with van der Waals surface area (Å²) in [6.07, 6.45) is 0. The molecule has 3 aromatic rings. The zero-order valence-corrected chi connectivity index (χ0v) is 18.4. The number of benzene rings is 2. The van der Waals surface area contributed by atoms with Gasteiger partial charge in [0.25, 0.3) is 5.91 Å². The van der Waals surface area contributed by atoms with Crippen LogP contribution in [0.2, 0.25) is 4.34 Å². The highest BCUT2D eigenvalue weighted by Crippen LogP contribution is 2.25. The predicted octanol–water partition coefficient (Wildman–Crippen LogP) is 3.36. The second-order valence-electron chi connectivity index (χ2n) is 6.20. The lowest BCUT2D eigenvalue weighted by Gasteiger charge is -2.20. The second-order valence-corrected chi connectivity index (χ2v) is 9.91. The second kappa shape index (κ2) is 10.1. The molecule has 10 heteroatoms. The number of carbonyl (C=O) groups excluding carboxylic acids is 1. The molecule has 1 aromatic heterocycles. The van der Waals surface area contributed by atoms with Gasteiger partial charge in [-0.05, 0) is 42.0 Å². The molecule has 1 heterocycles. The van der Waals surface area contributed by atoms with Crippen LogP contribution in [0.1, 0.15) is 22.0 Å². The van der Waals surface area contributed by atoms with Crippen LogP contribution in [-0.2, 0) is 10.0 Å². The summed E-state index contributed by atoms with van der Waals surface area (Å²) in [5.41, 5.74) is 6.78. The maximum atomic E-state index is 12.5. The summed E-state index contributed by atoms with van der Waals surface area (Å²) < 4.78 is 33.2. The number of nitrogens with one attached hydrogen (secondary N) is 3. The molecule has 30 heavy (non-hydrogen) atoms. The Morgan fingerprint density at radius 3 is 2.37 bits per heavy atom. The Bertz CT molecular complexity index is 1090. The number of halogens is 1. The molecule has 0 spiro atoms. The Hall–Kier alpha value is -2.43. The van der Waals surface area contributed by atoms with Crippen molar-refractivity contribution in [2.75, 3.05) is 13.7 Å². The topological polar surface area (TPSA) is 96.5 Å². The van der Waals surface area contributed by atoms with Gasteiger partial charge in [0, 0.05) is 12.1 Å². The molecule has 2 aromatic carbocycles. The first-order valence-corrected chi connectivity index (χ1v) is 11.6. The molecule has 0 aliphatic carbocycles. The van der Waals surface area contributed by atoms with Crippen LogP contribution in [-0.4, -0.2) is 28.0 Å². The number of methoxy groups -OCH3 is 1. The van der Waals surface area contributed by atoms with E-state index < -0.39 is 16.1 Å². The van der Waals surface area contributed by atoms with Gasteiger partial charge in [0.2, 0.25) is 10.0 Å². The molecule has 1 atom stereocenters. The first-order chi connectivity index (χ1) is 14.4. The minimum atomic E-state index is -3.72. The summed E-state index contributed by atoms with van der Waals surface area (Å²) in [4.78, 5) is 12.4. The van der Waals surface area contributed by atoms with E-state index in [2.05, 4.69) is 15.6 Å². The SMILES string of the molecule is COc1ccc(C(=O)NNC(CNS(=O)(=O)c2ccc(Cl)s2)c2ccccc2)cc1. The molecule has 7 nitrogen and oxygen atoms in total. The van der Waals surface area contributed by atoms with E-state index in [0.717, 1.165) is 16.9 Å². The van der Waals surface area contributed by atoms with Crippen molar-refractivity contribution in [3.05, 3.63) is 82.2 Å². The number of sulfonamides is 1. The highest BCUT2D eigenvalue weighted by atomic mass is 35.5. The van der Waals surface area contributed by atoms with Crippen LogP contribution in [0.15, 0.2) is 70.9 Å². The average molecular weight is 466 g/mol. The van der Waals surface area contributed by atoms with Crippen molar-refractivity contribution in [1.29, 1.82) is 0 Å². The van der Waals surface area contributed by atoms with Gasteiger partial charge in [0.05, 0.1) is 17.5 Å². The summed E-state index contributed by atoms with van der Waals surface area (Å²) in [5, 5.41) is 0. The Balaban J connectivity index is 1.69. The normalized spacial score (nSPS) is 12.3. The molecular formula is C20H20ClN3O4S2. The first kappa shape index (κ1) is 22.3. The van der Waals surface area contributed by atoms with Crippen molar-refractivity contribution >= 4 is 38.9 Å². The fourth-order valence-corrected chi connectivity index (χ4v) is 5.19. The lowest BCUT2D eigenvalue weighted by atomic mass is 10.1. The van der Waals surface area contributed by atoms with E-state index in [1.165, 1.54) is 12.1 Å². The number of amides is 1. The maximum absolute atomic E-state index is 12.5. The van der Waals surface area contributed by atoms with Crippen LogP contribution >= 0.6 is 22.9 Å². The van der Waals surface area contributed by atoms with Crippen molar-refractivity contribution < 1.29 is 17.9 Å². The number of hydrazine groups is 1. The summed E-state index contributed by atoms with van der Waals surface area (Å²) in [7, 11) is -2.18. The molecule has 3 N–H and O–H groups in total. The third-order valence-electron chi connectivity index (χ3n) is 4.20. The van der Waals surface area contributed by atoms with Crippen LogP contribution in [0.3, 0.4) is 0 Å². The van der Waals surface area contributed by atoms with Crippen LogP contribution < -0.4 is 20.3 Å². The van der Waals surface area contributed by atoms with E-state index >= 15 is 0 Å². The van der Waals surface area contributed by atoms with Crippen molar-refractivity contribution in [2.45, 2.75) is 10.3 Å². The van der Waals surface area contributed by atoms with Gasteiger partial charge >= 0.3 is 0 Å². The van der Waals surface area contributed by atoms with Crippen LogP contribution in [0, 0.1) is 0 Å². The van der Waals surface area contributed by atoms with Gasteiger partial charge in [-0.25, -0.2) is 18.6 Å². The van der Waals surface area contributed by atoms with Gasteiger partial charge in [-0.3, -0.25) is 10.2 Å². The molecule has 1 unspecified atom stereocenters. The fraction of sp³-hybridized carbons (Fsp3) is 0.150. The number of rotatable bonds is 9. The highest BCUT2D eigenvalue weighted by molar-refractivity contribution is 7.91. The lowest BCUT2D eigenvalue weighted by molar-refractivity contribution is 0.0925. The molecule has 0 saturated heterocycles. The standard InChI is InChI=1S/C20H20ClN3O4S2/c1-28-16-9-7-15(8-10-16)20(25)24-23-17(14-5-3-2-4-6-14)13-22-30(26,27)19-12-11-18(21)29-19/h2-12,17,22-23H,13H2,1H3,(H,24,25). The van der Waals surface area contributed by atoms with E-state index in [4.69, 9.17) is 16.3 Å². The minimum Gasteiger partial charge on any atom is -0.497 e. The average Bonchev–Trinajstić information content (AvgIpc) is 3.21. The van der Waals surface area contributed by atoms with Gasteiger partial charge in [0.1, 0.15) is 9.96 Å². The van der Waals surface area contributed by atoms with Crippen molar-refractivity contribution in [1.82, 2.24) is 15.6 Å². The van der Waals surface area contributed by atoms with Crippen LogP contribution in [0.4, 0.5) is 0 Å². The Morgan fingerprint density at radius 1 is 1.07 bits per heavy atom. The number of ether oxygens (including phenoxy) is 1. The summed E-state index contributed by atoms with van der Waals surface area (Å²) in [6, 6.07) is 18.3. The minimum absolute atomic E-state index is 0.0186. The zero-order valence-electron chi connectivity index (χ0n) is 16.0. The molecule has 0 fully saturated rings. The third-order valence-corrected chi connectivity index (χ3v) is 7.35. The van der Waals surface area contributed by atoms with Gasteiger partial charge in [-0.2, -0.15) is 0 Å². The van der Waals surface area contributed by atoms with E-state index in [9.17, 15) is 13.2 Å². The summed E-state index contributed by atoms with van der Waals surface area (Å²) >= 11 is 6.82. The summed E-state index contributed by atoms with van der Waals surface area (Å²) in [6.45, 7) is 0.0186. The maximum Gasteiger partial charge on any atom is 0.265 e. The zero-order chi connectivity index (χ0) is 21.6. The predicted molar refractivity (Wildman–Crippen MR) is 117 cm³/mol. The smallest absolute Gasteiger partial charge is 0.265 e.